The van der Waals surface area contributed by atoms with Crippen LogP contribution in [0.2, 0.25) is 0 Å². The van der Waals surface area contributed by atoms with E-state index in [1.54, 1.807) is 16.8 Å². The van der Waals surface area contributed by atoms with Gasteiger partial charge in [0.1, 0.15) is 12.1 Å². The zero-order valence-electron chi connectivity index (χ0n) is 16.1. The van der Waals surface area contributed by atoms with E-state index >= 15 is 0 Å². The molecule has 0 N–H and O–H groups in total. The molecular formula is C21H27N3O3. The van der Waals surface area contributed by atoms with Crippen LogP contribution in [0.25, 0.3) is 0 Å². The molecule has 6 heteroatoms. The number of fused-ring (bicyclic) bond motifs is 1. The molecule has 4 amide bonds. The molecule has 1 atom stereocenters. The first-order chi connectivity index (χ1) is 13.0. The number of benzene rings is 1. The van der Waals surface area contributed by atoms with Gasteiger partial charge in [-0.3, -0.25) is 14.5 Å². The Balaban J connectivity index is 1.58. The highest BCUT2D eigenvalue weighted by Gasteiger charge is 2.56. The van der Waals surface area contributed by atoms with Crippen molar-refractivity contribution < 1.29 is 14.4 Å². The second-order valence-corrected chi connectivity index (χ2v) is 8.11. The van der Waals surface area contributed by atoms with Crippen molar-refractivity contribution in [3.63, 3.8) is 0 Å². The number of aryl methyl sites for hydroxylation is 1. The molecule has 27 heavy (non-hydrogen) atoms. The van der Waals surface area contributed by atoms with Crippen molar-refractivity contribution in [2.24, 2.45) is 0 Å². The van der Waals surface area contributed by atoms with E-state index in [1.807, 2.05) is 31.2 Å². The first kappa shape index (κ1) is 18.0. The fourth-order valence-corrected chi connectivity index (χ4v) is 4.95. The van der Waals surface area contributed by atoms with Crippen LogP contribution in [-0.4, -0.2) is 52.8 Å². The van der Waals surface area contributed by atoms with Gasteiger partial charge in [0, 0.05) is 18.8 Å². The van der Waals surface area contributed by atoms with Gasteiger partial charge in [-0.05, 0) is 44.2 Å². The van der Waals surface area contributed by atoms with E-state index in [1.165, 1.54) is 4.90 Å². The van der Waals surface area contributed by atoms with Crippen LogP contribution in [0.3, 0.4) is 0 Å². The van der Waals surface area contributed by atoms with Crippen molar-refractivity contribution in [2.75, 3.05) is 18.5 Å². The summed E-state index contributed by atoms with van der Waals surface area (Å²) >= 11 is 0. The van der Waals surface area contributed by atoms with Crippen molar-refractivity contribution in [2.45, 2.75) is 63.5 Å². The number of rotatable bonds is 2. The topological polar surface area (TPSA) is 60.9 Å². The van der Waals surface area contributed by atoms with Crippen LogP contribution in [0.4, 0.5) is 10.5 Å². The fraction of sp³-hybridized carbons (Fsp3) is 0.571. The number of hydrogen-bond acceptors (Lipinski definition) is 3. The lowest BCUT2D eigenvalue weighted by Gasteiger charge is -2.36. The zero-order valence-corrected chi connectivity index (χ0v) is 16.1. The second-order valence-electron chi connectivity index (χ2n) is 8.11. The summed E-state index contributed by atoms with van der Waals surface area (Å²) in [4.78, 5) is 43.6. The van der Waals surface area contributed by atoms with Crippen LogP contribution in [0.5, 0.6) is 0 Å². The maximum absolute atomic E-state index is 13.2. The van der Waals surface area contributed by atoms with Gasteiger partial charge in [0.2, 0.25) is 5.91 Å². The Morgan fingerprint density at radius 1 is 1.15 bits per heavy atom. The molecule has 1 unspecified atom stereocenters. The lowest BCUT2D eigenvalue weighted by molar-refractivity contribution is -0.137. The molecule has 1 aromatic rings. The third-order valence-electron chi connectivity index (χ3n) is 6.57. The standard InChI is InChI=1S/C21H27N3O3/c1-15-10-11-16-8-4-5-9-17(16)24(15)18(25)14-23-19(26)21(22(2)20(23)27)12-6-3-7-13-21/h4-5,8-9,15H,3,6-7,10-14H2,1-2H3. The Hall–Kier alpha value is -2.37. The highest BCUT2D eigenvalue weighted by molar-refractivity contribution is 6.10. The Morgan fingerprint density at radius 3 is 2.59 bits per heavy atom. The Kier molecular flexibility index (Phi) is 4.44. The van der Waals surface area contributed by atoms with Crippen LogP contribution in [0, 0.1) is 0 Å². The summed E-state index contributed by atoms with van der Waals surface area (Å²) in [5, 5.41) is 0. The van der Waals surface area contributed by atoms with E-state index in [4.69, 9.17) is 0 Å². The largest absolute Gasteiger partial charge is 0.327 e. The van der Waals surface area contributed by atoms with E-state index in [9.17, 15) is 14.4 Å². The predicted molar refractivity (Wildman–Crippen MR) is 102 cm³/mol. The maximum Gasteiger partial charge on any atom is 0.327 e. The van der Waals surface area contributed by atoms with Gasteiger partial charge in [-0.1, -0.05) is 37.5 Å². The molecule has 3 aliphatic rings. The Bertz CT molecular complexity index is 785. The highest BCUT2D eigenvalue weighted by Crippen LogP contribution is 2.39. The molecular weight excluding hydrogens is 342 g/mol. The summed E-state index contributed by atoms with van der Waals surface area (Å²) in [5.74, 6) is -0.376. The number of amides is 4. The van der Waals surface area contributed by atoms with Crippen molar-refractivity contribution in [1.82, 2.24) is 9.80 Å². The Labute approximate surface area is 160 Å². The fourth-order valence-electron chi connectivity index (χ4n) is 4.95. The number of carbonyl (C=O) groups is 3. The normalized spacial score (nSPS) is 24.5. The van der Waals surface area contributed by atoms with E-state index in [0.29, 0.717) is 12.8 Å². The summed E-state index contributed by atoms with van der Waals surface area (Å²) < 4.78 is 0. The number of para-hydroxylation sites is 1. The molecule has 1 aromatic carbocycles. The predicted octanol–water partition coefficient (Wildman–Crippen LogP) is 2.95. The molecule has 1 saturated heterocycles. The minimum Gasteiger partial charge on any atom is -0.313 e. The van der Waals surface area contributed by atoms with E-state index in [2.05, 4.69) is 0 Å². The molecule has 2 heterocycles. The van der Waals surface area contributed by atoms with Crippen LogP contribution in [0.1, 0.15) is 51.0 Å². The molecule has 0 bridgehead atoms. The second kappa shape index (κ2) is 6.66. The number of nitrogens with zero attached hydrogens (tertiary/aromatic N) is 3. The molecule has 6 nitrogen and oxygen atoms in total. The molecule has 144 valence electrons. The quantitative estimate of drug-likeness (QED) is 0.753. The van der Waals surface area contributed by atoms with Crippen molar-refractivity contribution in [1.29, 1.82) is 0 Å². The monoisotopic (exact) mass is 369 g/mol. The number of urea groups is 1. The summed E-state index contributed by atoms with van der Waals surface area (Å²) in [6, 6.07) is 7.61. The number of carbonyl (C=O) groups excluding carboxylic acids is 3. The summed E-state index contributed by atoms with van der Waals surface area (Å²) in [7, 11) is 1.70. The molecule has 1 saturated carbocycles. The van der Waals surface area contributed by atoms with Gasteiger partial charge < -0.3 is 9.80 Å². The zero-order chi connectivity index (χ0) is 19.2. The van der Waals surface area contributed by atoms with Gasteiger partial charge in [0.05, 0.1) is 0 Å². The summed E-state index contributed by atoms with van der Waals surface area (Å²) in [5.41, 5.74) is 1.31. The van der Waals surface area contributed by atoms with Gasteiger partial charge in [-0.15, -0.1) is 0 Å². The SMILES string of the molecule is CC1CCc2ccccc2N1C(=O)CN1C(=O)N(C)C2(CCCCC2)C1=O. The molecule has 4 rings (SSSR count). The van der Waals surface area contributed by atoms with E-state index in [0.717, 1.165) is 43.4 Å². The molecule has 2 aliphatic heterocycles. The van der Waals surface area contributed by atoms with Crippen LogP contribution < -0.4 is 4.90 Å². The first-order valence-corrected chi connectivity index (χ1v) is 9.95. The van der Waals surface area contributed by atoms with Gasteiger partial charge in [0.15, 0.2) is 0 Å². The van der Waals surface area contributed by atoms with E-state index in [-0.39, 0.29) is 30.4 Å². The number of likely N-dealkylation sites (N-methyl/N-ethyl adjacent to an activating group) is 1. The van der Waals surface area contributed by atoms with Crippen molar-refractivity contribution in [3.05, 3.63) is 29.8 Å². The molecule has 0 aromatic heterocycles. The number of anilines is 1. The van der Waals surface area contributed by atoms with Crippen molar-refractivity contribution in [3.8, 4) is 0 Å². The average molecular weight is 369 g/mol. The highest BCUT2D eigenvalue weighted by atomic mass is 16.2. The summed E-state index contributed by atoms with van der Waals surface area (Å²) in [6.07, 6.45) is 6.20. The minimum atomic E-state index is -0.735. The van der Waals surface area contributed by atoms with Gasteiger partial charge in [-0.25, -0.2) is 4.79 Å². The summed E-state index contributed by atoms with van der Waals surface area (Å²) in [6.45, 7) is 1.85. The third-order valence-corrected chi connectivity index (χ3v) is 6.57. The lowest BCUT2D eigenvalue weighted by Crippen LogP contribution is -2.50. The van der Waals surface area contributed by atoms with Crippen molar-refractivity contribution >= 4 is 23.5 Å². The van der Waals surface area contributed by atoms with Gasteiger partial charge in [-0.2, -0.15) is 0 Å². The lowest BCUT2D eigenvalue weighted by atomic mass is 9.81. The minimum absolute atomic E-state index is 0.0570. The molecule has 2 fully saturated rings. The van der Waals surface area contributed by atoms with Crippen LogP contribution >= 0.6 is 0 Å². The van der Waals surface area contributed by atoms with Gasteiger partial charge >= 0.3 is 6.03 Å². The molecule has 1 spiro atoms. The third kappa shape index (κ3) is 2.73. The van der Waals surface area contributed by atoms with Crippen LogP contribution in [0.15, 0.2) is 24.3 Å². The maximum atomic E-state index is 13.2. The molecule has 1 aliphatic carbocycles. The Morgan fingerprint density at radius 2 is 1.85 bits per heavy atom. The average Bonchev–Trinajstić information content (AvgIpc) is 2.85. The number of hydrogen-bond donors (Lipinski definition) is 0. The van der Waals surface area contributed by atoms with E-state index < -0.39 is 5.54 Å². The smallest absolute Gasteiger partial charge is 0.313 e. The number of imide groups is 1. The first-order valence-electron chi connectivity index (χ1n) is 9.95. The van der Waals surface area contributed by atoms with Crippen LogP contribution in [-0.2, 0) is 16.0 Å². The molecule has 0 radical (unpaired) electrons. The van der Waals surface area contributed by atoms with Gasteiger partial charge in [0.25, 0.3) is 5.91 Å².